The first-order valence-electron chi connectivity index (χ1n) is 7.94. The van der Waals surface area contributed by atoms with Crippen LogP contribution < -0.4 is 4.90 Å². The van der Waals surface area contributed by atoms with Crippen LogP contribution in [0.25, 0.3) is 5.69 Å². The summed E-state index contributed by atoms with van der Waals surface area (Å²) in [4.78, 5) is 13.6. The van der Waals surface area contributed by atoms with Crippen molar-refractivity contribution in [2.24, 2.45) is 5.92 Å². The molecule has 0 spiro atoms. The molecule has 1 aromatic heterocycles. The van der Waals surface area contributed by atoms with Crippen molar-refractivity contribution in [1.29, 1.82) is 0 Å². The third kappa shape index (κ3) is 2.89. The first kappa shape index (κ1) is 14.8. The van der Waals surface area contributed by atoms with E-state index in [2.05, 4.69) is 53.3 Å². The molecule has 0 saturated carbocycles. The molecule has 0 atom stereocenters. The number of anilines is 1. The number of benzene rings is 1. The molecule has 0 aliphatic carbocycles. The highest BCUT2D eigenvalue weighted by atomic mass is 16.1. The molecule has 0 N–H and O–H groups in total. The Balaban J connectivity index is 1.90. The lowest BCUT2D eigenvalue weighted by atomic mass is 10.1. The van der Waals surface area contributed by atoms with Crippen LogP contribution in [0.2, 0.25) is 0 Å². The highest BCUT2D eigenvalue weighted by Crippen LogP contribution is 2.23. The molecule has 0 bridgehead atoms. The van der Waals surface area contributed by atoms with E-state index in [0.29, 0.717) is 11.6 Å². The molecule has 0 radical (unpaired) electrons. The Morgan fingerprint density at radius 2 is 1.77 bits per heavy atom. The SMILES string of the molecule is CC(C)Cc1c(C=O)nnn1-c1ccc(N2CCCC2)cc1. The highest BCUT2D eigenvalue weighted by Gasteiger charge is 2.16. The Kier molecular flexibility index (Phi) is 4.22. The number of hydrogen-bond acceptors (Lipinski definition) is 4. The van der Waals surface area contributed by atoms with Crippen LogP contribution in [-0.4, -0.2) is 34.4 Å². The summed E-state index contributed by atoms with van der Waals surface area (Å²) in [6.45, 7) is 6.53. The predicted octanol–water partition coefficient (Wildman–Crippen LogP) is 2.88. The number of nitrogens with zero attached hydrogens (tertiary/aromatic N) is 4. The molecule has 1 aromatic carbocycles. The van der Waals surface area contributed by atoms with E-state index in [1.54, 1.807) is 4.68 Å². The summed E-state index contributed by atoms with van der Waals surface area (Å²) in [6.07, 6.45) is 4.12. The van der Waals surface area contributed by atoms with E-state index in [9.17, 15) is 4.79 Å². The summed E-state index contributed by atoms with van der Waals surface area (Å²) >= 11 is 0. The average molecular weight is 298 g/mol. The number of rotatable bonds is 5. The van der Waals surface area contributed by atoms with Crippen LogP contribution in [0.3, 0.4) is 0 Å². The fraction of sp³-hybridized carbons (Fsp3) is 0.471. The summed E-state index contributed by atoms with van der Waals surface area (Å²) in [7, 11) is 0. The van der Waals surface area contributed by atoms with Gasteiger partial charge in [0.25, 0.3) is 0 Å². The summed E-state index contributed by atoms with van der Waals surface area (Å²) in [5.41, 5.74) is 3.54. The first-order chi connectivity index (χ1) is 10.7. The topological polar surface area (TPSA) is 51.0 Å². The fourth-order valence-electron chi connectivity index (χ4n) is 2.97. The van der Waals surface area contributed by atoms with Crippen LogP contribution in [0, 0.1) is 5.92 Å². The van der Waals surface area contributed by atoms with Gasteiger partial charge in [0.15, 0.2) is 6.29 Å². The maximum absolute atomic E-state index is 11.2. The second-order valence-corrected chi connectivity index (χ2v) is 6.26. The Morgan fingerprint density at radius 1 is 1.14 bits per heavy atom. The summed E-state index contributed by atoms with van der Waals surface area (Å²) in [5, 5.41) is 8.16. The van der Waals surface area contributed by atoms with E-state index in [-0.39, 0.29) is 0 Å². The van der Waals surface area contributed by atoms with Crippen molar-refractivity contribution in [2.75, 3.05) is 18.0 Å². The monoisotopic (exact) mass is 298 g/mol. The second-order valence-electron chi connectivity index (χ2n) is 6.26. The van der Waals surface area contributed by atoms with Crippen molar-refractivity contribution in [3.05, 3.63) is 35.7 Å². The average Bonchev–Trinajstić information content (AvgIpc) is 3.16. The molecule has 3 rings (SSSR count). The van der Waals surface area contributed by atoms with Gasteiger partial charge in [-0.15, -0.1) is 5.10 Å². The number of aromatic nitrogens is 3. The van der Waals surface area contributed by atoms with E-state index in [4.69, 9.17) is 0 Å². The maximum Gasteiger partial charge on any atom is 0.172 e. The zero-order valence-electron chi connectivity index (χ0n) is 13.2. The number of carbonyl (C=O) groups is 1. The van der Waals surface area contributed by atoms with Gasteiger partial charge in [-0.2, -0.15) is 0 Å². The van der Waals surface area contributed by atoms with Gasteiger partial charge < -0.3 is 4.90 Å². The lowest BCUT2D eigenvalue weighted by Gasteiger charge is -2.18. The Bertz CT molecular complexity index is 639. The smallest absolute Gasteiger partial charge is 0.172 e. The molecule has 0 unspecified atom stereocenters. The van der Waals surface area contributed by atoms with Gasteiger partial charge in [-0.3, -0.25) is 4.79 Å². The number of aldehydes is 1. The van der Waals surface area contributed by atoms with E-state index in [1.165, 1.54) is 18.5 Å². The molecule has 1 aliphatic rings. The Labute approximate surface area is 130 Å². The maximum atomic E-state index is 11.2. The molecule has 2 heterocycles. The molecular weight excluding hydrogens is 276 g/mol. The van der Waals surface area contributed by atoms with Gasteiger partial charge in [0.05, 0.1) is 11.4 Å². The molecule has 2 aromatic rings. The number of carbonyl (C=O) groups excluding carboxylic acids is 1. The highest BCUT2D eigenvalue weighted by molar-refractivity contribution is 5.73. The van der Waals surface area contributed by atoms with Crippen LogP contribution in [0.4, 0.5) is 5.69 Å². The summed E-state index contributed by atoms with van der Waals surface area (Å²) < 4.78 is 1.79. The quantitative estimate of drug-likeness (QED) is 0.796. The summed E-state index contributed by atoms with van der Waals surface area (Å²) in [5.74, 6) is 0.444. The van der Waals surface area contributed by atoms with E-state index >= 15 is 0 Å². The Hall–Kier alpha value is -2.17. The molecule has 1 aliphatic heterocycles. The molecular formula is C17H22N4O. The zero-order valence-corrected chi connectivity index (χ0v) is 13.2. The van der Waals surface area contributed by atoms with Crippen LogP contribution in [0.15, 0.2) is 24.3 Å². The summed E-state index contributed by atoms with van der Waals surface area (Å²) in [6, 6.07) is 8.37. The normalized spacial score (nSPS) is 14.8. The van der Waals surface area contributed by atoms with Gasteiger partial charge in [0.1, 0.15) is 5.69 Å². The van der Waals surface area contributed by atoms with Gasteiger partial charge in [-0.05, 0) is 49.4 Å². The first-order valence-corrected chi connectivity index (χ1v) is 7.94. The van der Waals surface area contributed by atoms with Crippen molar-refractivity contribution >= 4 is 12.0 Å². The van der Waals surface area contributed by atoms with Crippen molar-refractivity contribution in [3.8, 4) is 5.69 Å². The van der Waals surface area contributed by atoms with Gasteiger partial charge in [0.2, 0.25) is 0 Å². The lowest BCUT2D eigenvalue weighted by molar-refractivity contribution is 0.111. The molecule has 116 valence electrons. The van der Waals surface area contributed by atoms with Gasteiger partial charge in [0, 0.05) is 18.8 Å². The van der Waals surface area contributed by atoms with Gasteiger partial charge in [-0.25, -0.2) is 4.68 Å². The van der Waals surface area contributed by atoms with Crippen molar-refractivity contribution in [1.82, 2.24) is 15.0 Å². The van der Waals surface area contributed by atoms with Crippen LogP contribution in [0.1, 0.15) is 42.9 Å². The molecule has 0 amide bonds. The minimum absolute atomic E-state index is 0.442. The minimum Gasteiger partial charge on any atom is -0.372 e. The predicted molar refractivity (Wildman–Crippen MR) is 86.7 cm³/mol. The van der Waals surface area contributed by atoms with Crippen LogP contribution >= 0.6 is 0 Å². The zero-order chi connectivity index (χ0) is 15.5. The lowest BCUT2D eigenvalue weighted by Crippen LogP contribution is -2.17. The molecule has 1 saturated heterocycles. The van der Waals surface area contributed by atoms with Crippen LogP contribution in [-0.2, 0) is 6.42 Å². The largest absolute Gasteiger partial charge is 0.372 e. The Morgan fingerprint density at radius 3 is 2.36 bits per heavy atom. The van der Waals surface area contributed by atoms with E-state index < -0.39 is 0 Å². The van der Waals surface area contributed by atoms with E-state index in [0.717, 1.165) is 37.2 Å². The standard InChI is InChI=1S/C17H22N4O/c1-13(2)11-17-16(12-22)18-19-21(17)15-7-5-14(6-8-15)20-9-3-4-10-20/h5-8,12-13H,3-4,9-11H2,1-2H3. The van der Waals surface area contributed by atoms with Gasteiger partial charge in [-0.1, -0.05) is 19.1 Å². The van der Waals surface area contributed by atoms with Crippen molar-refractivity contribution in [2.45, 2.75) is 33.1 Å². The molecule has 22 heavy (non-hydrogen) atoms. The third-order valence-electron chi connectivity index (χ3n) is 4.07. The van der Waals surface area contributed by atoms with Crippen molar-refractivity contribution in [3.63, 3.8) is 0 Å². The second kappa shape index (κ2) is 6.30. The van der Waals surface area contributed by atoms with E-state index in [1.807, 2.05) is 0 Å². The molecule has 1 fully saturated rings. The van der Waals surface area contributed by atoms with Crippen molar-refractivity contribution < 1.29 is 4.79 Å². The molecule has 5 heteroatoms. The third-order valence-corrected chi connectivity index (χ3v) is 4.07. The minimum atomic E-state index is 0.442. The fourth-order valence-corrected chi connectivity index (χ4v) is 2.97. The molecule has 5 nitrogen and oxygen atoms in total. The van der Waals surface area contributed by atoms with Crippen LogP contribution in [0.5, 0.6) is 0 Å². The number of hydrogen-bond donors (Lipinski definition) is 0. The van der Waals surface area contributed by atoms with Gasteiger partial charge >= 0.3 is 0 Å².